The van der Waals surface area contributed by atoms with Crippen LogP contribution < -0.4 is 15.5 Å². The van der Waals surface area contributed by atoms with Crippen molar-refractivity contribution in [1.82, 2.24) is 10.6 Å². The van der Waals surface area contributed by atoms with E-state index < -0.39 is 18.1 Å². The molecule has 5 N–H and O–H groups in total. The second-order valence-electron chi connectivity index (χ2n) is 9.79. The number of nitrogens with zero attached hydrogens (tertiary/aromatic N) is 1. The van der Waals surface area contributed by atoms with E-state index in [0.717, 1.165) is 37.2 Å². The molecule has 1 fully saturated rings. The molecule has 3 atom stereocenters. The van der Waals surface area contributed by atoms with E-state index in [1.165, 1.54) is 0 Å². The van der Waals surface area contributed by atoms with E-state index in [4.69, 9.17) is 0 Å². The summed E-state index contributed by atoms with van der Waals surface area (Å²) in [6, 6.07) is 13.2. The van der Waals surface area contributed by atoms with Crippen LogP contribution >= 0.6 is 0 Å². The fourth-order valence-corrected chi connectivity index (χ4v) is 4.49. The van der Waals surface area contributed by atoms with Crippen molar-refractivity contribution in [2.24, 2.45) is 5.92 Å². The number of aliphatic hydroxyl groups is 1. The van der Waals surface area contributed by atoms with Gasteiger partial charge in [0.2, 0.25) is 0 Å². The molecule has 0 saturated carbocycles. The van der Waals surface area contributed by atoms with Gasteiger partial charge in [0.15, 0.2) is 0 Å². The largest absolute Gasteiger partial charge is 0.508 e. The number of phenols is 1. The molecule has 0 radical (unpaired) electrons. The number of carbonyl (C=O) groups is 2. The Labute approximate surface area is 207 Å². The van der Waals surface area contributed by atoms with E-state index in [1.807, 2.05) is 32.9 Å². The Balaban J connectivity index is 1.50. The summed E-state index contributed by atoms with van der Waals surface area (Å²) in [6.45, 7) is 7.51. The maximum Gasteiger partial charge on any atom is 0.326 e. The summed E-state index contributed by atoms with van der Waals surface area (Å²) in [5.41, 5.74) is 2.23. The molecule has 1 amide bonds. The summed E-state index contributed by atoms with van der Waals surface area (Å²) in [4.78, 5) is 26.2. The van der Waals surface area contributed by atoms with E-state index in [9.17, 15) is 24.9 Å². The van der Waals surface area contributed by atoms with E-state index in [2.05, 4.69) is 15.5 Å². The lowest BCUT2D eigenvalue weighted by atomic mass is 9.99. The first-order valence-corrected chi connectivity index (χ1v) is 12.3. The van der Waals surface area contributed by atoms with Gasteiger partial charge in [-0.1, -0.05) is 26.0 Å². The lowest BCUT2D eigenvalue weighted by Gasteiger charge is -2.36. The number of amides is 1. The van der Waals surface area contributed by atoms with Crippen LogP contribution in [0.4, 0.5) is 5.69 Å². The molecule has 35 heavy (non-hydrogen) atoms. The minimum absolute atomic E-state index is 0.126. The van der Waals surface area contributed by atoms with Crippen molar-refractivity contribution in [3.05, 3.63) is 59.7 Å². The van der Waals surface area contributed by atoms with Crippen molar-refractivity contribution in [2.75, 3.05) is 18.0 Å². The summed E-state index contributed by atoms with van der Waals surface area (Å²) in [7, 11) is 0. The highest BCUT2D eigenvalue weighted by Crippen LogP contribution is 2.24. The number of aliphatic carboxylic acids is 1. The van der Waals surface area contributed by atoms with Gasteiger partial charge < -0.3 is 30.9 Å². The van der Waals surface area contributed by atoms with E-state index >= 15 is 0 Å². The molecule has 0 bridgehead atoms. The van der Waals surface area contributed by atoms with Crippen molar-refractivity contribution in [3.63, 3.8) is 0 Å². The van der Waals surface area contributed by atoms with Crippen molar-refractivity contribution < 1.29 is 24.9 Å². The maximum atomic E-state index is 12.5. The Morgan fingerprint density at radius 1 is 1.00 bits per heavy atom. The van der Waals surface area contributed by atoms with Gasteiger partial charge >= 0.3 is 5.97 Å². The number of phenolic OH excluding ortho intramolecular Hbond substituents is 1. The number of aliphatic hydroxyl groups excluding tert-OH is 1. The van der Waals surface area contributed by atoms with Crippen molar-refractivity contribution >= 4 is 17.6 Å². The van der Waals surface area contributed by atoms with Gasteiger partial charge in [-0.05, 0) is 74.1 Å². The molecule has 0 unspecified atom stereocenters. The van der Waals surface area contributed by atoms with Gasteiger partial charge in [-0.25, -0.2) is 4.79 Å². The highest BCUT2D eigenvalue weighted by Gasteiger charge is 2.25. The summed E-state index contributed by atoms with van der Waals surface area (Å²) in [6.07, 6.45) is 1.56. The van der Waals surface area contributed by atoms with Crippen LogP contribution in [0, 0.1) is 5.92 Å². The zero-order valence-electron chi connectivity index (χ0n) is 20.6. The molecule has 3 rings (SSSR count). The minimum atomic E-state index is -1.02. The van der Waals surface area contributed by atoms with Crippen LogP contribution in [-0.4, -0.2) is 58.4 Å². The first-order chi connectivity index (χ1) is 16.6. The quantitative estimate of drug-likeness (QED) is 0.351. The minimum Gasteiger partial charge on any atom is -0.508 e. The highest BCUT2D eigenvalue weighted by atomic mass is 16.4. The summed E-state index contributed by atoms with van der Waals surface area (Å²) in [5.74, 6) is -1.06. The Hall–Kier alpha value is -3.10. The van der Waals surface area contributed by atoms with Crippen LogP contribution in [0.5, 0.6) is 5.75 Å². The third-order valence-electron chi connectivity index (χ3n) is 6.51. The fourth-order valence-electron chi connectivity index (χ4n) is 4.49. The molecule has 1 aliphatic rings. The number of nitrogens with one attached hydrogen (secondary N) is 2. The Kier molecular flexibility index (Phi) is 9.12. The standard InChI is InChI=1S/C27H37N3O5/c1-17(2)16-24(27(34)35)29-26(33)20-4-8-22(9-5-20)30-14-12-21(13-15-30)28-18(3)25(32)19-6-10-23(31)11-7-19/h4-11,17-18,21,24-25,28,31-32H,12-16H2,1-3H3,(H,29,33)(H,34,35)/t18-,24-,25-/m0/s1. The number of benzene rings is 2. The first-order valence-electron chi connectivity index (χ1n) is 12.3. The Morgan fingerprint density at radius 2 is 1.60 bits per heavy atom. The second kappa shape index (κ2) is 12.0. The molecule has 190 valence electrons. The third-order valence-corrected chi connectivity index (χ3v) is 6.51. The molecule has 2 aromatic rings. The summed E-state index contributed by atoms with van der Waals surface area (Å²) >= 11 is 0. The average molecular weight is 484 g/mol. The molecular weight excluding hydrogens is 446 g/mol. The van der Waals surface area contributed by atoms with Crippen molar-refractivity contribution in [2.45, 2.75) is 64.3 Å². The zero-order valence-corrected chi connectivity index (χ0v) is 20.6. The van der Waals surface area contributed by atoms with Gasteiger partial charge in [-0.15, -0.1) is 0 Å². The van der Waals surface area contributed by atoms with E-state index in [1.54, 1.807) is 36.4 Å². The maximum absolute atomic E-state index is 12.5. The SMILES string of the molecule is CC(C)C[C@H](NC(=O)c1ccc(N2CCC(N[C@@H](C)[C@H](O)c3ccc(O)cc3)CC2)cc1)C(=O)O. The number of rotatable bonds is 10. The van der Waals surface area contributed by atoms with Crippen molar-refractivity contribution in [3.8, 4) is 5.75 Å². The van der Waals surface area contributed by atoms with Gasteiger partial charge in [0.25, 0.3) is 5.91 Å². The Morgan fingerprint density at radius 3 is 2.14 bits per heavy atom. The normalized spacial score (nSPS) is 17.1. The number of carboxylic acids is 1. The van der Waals surface area contributed by atoms with Gasteiger partial charge in [-0.3, -0.25) is 4.79 Å². The molecule has 8 nitrogen and oxygen atoms in total. The van der Waals surface area contributed by atoms with Gasteiger partial charge in [-0.2, -0.15) is 0 Å². The number of hydrogen-bond acceptors (Lipinski definition) is 6. The smallest absolute Gasteiger partial charge is 0.326 e. The fraction of sp³-hybridized carbons (Fsp3) is 0.481. The number of aromatic hydroxyl groups is 1. The third kappa shape index (κ3) is 7.44. The molecule has 0 aromatic heterocycles. The molecule has 2 aromatic carbocycles. The molecule has 1 aliphatic heterocycles. The van der Waals surface area contributed by atoms with E-state index in [0.29, 0.717) is 12.0 Å². The van der Waals surface area contributed by atoms with Crippen molar-refractivity contribution in [1.29, 1.82) is 0 Å². The van der Waals surface area contributed by atoms with E-state index in [-0.39, 0.29) is 29.7 Å². The molecule has 1 heterocycles. The second-order valence-corrected chi connectivity index (χ2v) is 9.79. The lowest BCUT2D eigenvalue weighted by Crippen LogP contribution is -2.47. The van der Waals surface area contributed by atoms with Crippen LogP contribution in [0.3, 0.4) is 0 Å². The number of carboxylic acid groups (broad SMARTS) is 1. The topological polar surface area (TPSA) is 122 Å². The predicted molar refractivity (Wildman–Crippen MR) is 136 cm³/mol. The van der Waals surface area contributed by atoms with Gasteiger partial charge in [0.1, 0.15) is 11.8 Å². The molecule has 0 aliphatic carbocycles. The number of hydrogen-bond donors (Lipinski definition) is 5. The van der Waals surface area contributed by atoms with Crippen LogP contribution in [0.25, 0.3) is 0 Å². The predicted octanol–water partition coefficient (Wildman–Crippen LogP) is 3.30. The number of piperidine rings is 1. The summed E-state index contributed by atoms with van der Waals surface area (Å²) in [5, 5.41) is 35.6. The first kappa shape index (κ1) is 26.5. The molecular formula is C27H37N3O5. The van der Waals surface area contributed by atoms with Crippen LogP contribution in [-0.2, 0) is 4.79 Å². The van der Waals surface area contributed by atoms with Crippen LogP contribution in [0.15, 0.2) is 48.5 Å². The van der Waals surface area contributed by atoms with Gasteiger partial charge in [0.05, 0.1) is 6.10 Å². The number of anilines is 1. The molecule has 0 spiro atoms. The highest BCUT2D eigenvalue weighted by molar-refractivity contribution is 5.96. The van der Waals surface area contributed by atoms with Crippen LogP contribution in [0.2, 0.25) is 0 Å². The summed E-state index contributed by atoms with van der Waals surface area (Å²) < 4.78 is 0. The lowest BCUT2D eigenvalue weighted by molar-refractivity contribution is -0.139. The van der Waals surface area contributed by atoms with Crippen LogP contribution in [0.1, 0.15) is 62.1 Å². The average Bonchev–Trinajstić information content (AvgIpc) is 2.84. The molecule has 1 saturated heterocycles. The monoisotopic (exact) mass is 483 g/mol. The number of carbonyl (C=O) groups excluding carboxylic acids is 1. The zero-order chi connectivity index (χ0) is 25.5. The molecule has 8 heteroatoms. The Bertz CT molecular complexity index is 969. The van der Waals surface area contributed by atoms with Gasteiger partial charge in [0, 0.05) is 36.4 Å².